The smallest absolute Gasteiger partial charge is 0.289 e. The van der Waals surface area contributed by atoms with E-state index in [4.69, 9.17) is 4.42 Å². The molecule has 3 nitrogen and oxygen atoms in total. The highest BCUT2D eigenvalue weighted by Gasteiger charge is 2.20. The number of nitrogens with zero attached hydrogens (tertiary/aromatic N) is 1. The normalized spacial score (nSPS) is 16.7. The largest absolute Gasteiger partial charge is 0.455 e. The van der Waals surface area contributed by atoms with E-state index in [1.165, 1.54) is 0 Å². The summed E-state index contributed by atoms with van der Waals surface area (Å²) >= 11 is 0.496. The molecular formula is C13H17F2NO2S. The van der Waals surface area contributed by atoms with Gasteiger partial charge in [-0.25, -0.2) is 0 Å². The van der Waals surface area contributed by atoms with E-state index in [-0.39, 0.29) is 17.4 Å². The van der Waals surface area contributed by atoms with E-state index in [1.54, 1.807) is 17.0 Å². The molecule has 19 heavy (non-hydrogen) atoms. The maximum Gasteiger partial charge on any atom is 0.289 e. The van der Waals surface area contributed by atoms with Crippen molar-refractivity contribution in [2.75, 3.05) is 13.1 Å². The van der Waals surface area contributed by atoms with E-state index in [1.807, 2.05) is 0 Å². The summed E-state index contributed by atoms with van der Waals surface area (Å²) in [7, 11) is 0. The van der Waals surface area contributed by atoms with Crippen LogP contribution in [-0.2, 0) is 5.75 Å². The topological polar surface area (TPSA) is 33.5 Å². The third-order valence-corrected chi connectivity index (χ3v) is 3.82. The summed E-state index contributed by atoms with van der Waals surface area (Å²) in [6.45, 7) is 1.50. The first-order valence-electron chi connectivity index (χ1n) is 6.44. The minimum Gasteiger partial charge on any atom is -0.455 e. The number of amides is 1. The Morgan fingerprint density at radius 1 is 1.26 bits per heavy atom. The Morgan fingerprint density at radius 2 is 1.95 bits per heavy atom. The molecule has 2 heterocycles. The van der Waals surface area contributed by atoms with Crippen molar-refractivity contribution in [2.45, 2.75) is 37.2 Å². The van der Waals surface area contributed by atoms with Crippen molar-refractivity contribution in [3.63, 3.8) is 0 Å². The quantitative estimate of drug-likeness (QED) is 0.846. The van der Waals surface area contributed by atoms with E-state index < -0.39 is 5.76 Å². The maximum atomic E-state index is 12.2. The van der Waals surface area contributed by atoms with E-state index in [0.717, 1.165) is 38.8 Å². The first kappa shape index (κ1) is 14.4. The molecule has 1 aliphatic rings. The second-order valence-corrected chi connectivity index (χ2v) is 5.52. The van der Waals surface area contributed by atoms with Gasteiger partial charge in [0.2, 0.25) is 0 Å². The van der Waals surface area contributed by atoms with Crippen molar-refractivity contribution in [1.29, 1.82) is 0 Å². The molecule has 1 aliphatic heterocycles. The number of carbonyl (C=O) groups excluding carboxylic acids is 1. The first-order chi connectivity index (χ1) is 9.16. The fraction of sp³-hybridized carbons (Fsp3) is 0.615. The SMILES string of the molecule is O=C(c1ccc(CSC(F)F)o1)N1CCCCCC1. The molecular weight excluding hydrogens is 272 g/mol. The molecule has 0 radical (unpaired) electrons. The monoisotopic (exact) mass is 289 g/mol. The lowest BCUT2D eigenvalue weighted by atomic mass is 10.2. The zero-order valence-electron chi connectivity index (χ0n) is 10.6. The lowest BCUT2D eigenvalue weighted by Gasteiger charge is -2.18. The maximum absolute atomic E-state index is 12.2. The van der Waals surface area contributed by atoms with Crippen LogP contribution in [0.15, 0.2) is 16.5 Å². The number of hydrogen-bond acceptors (Lipinski definition) is 3. The Morgan fingerprint density at radius 3 is 2.58 bits per heavy atom. The van der Waals surface area contributed by atoms with Gasteiger partial charge in [-0.3, -0.25) is 4.79 Å². The fourth-order valence-electron chi connectivity index (χ4n) is 2.15. The van der Waals surface area contributed by atoms with Crippen LogP contribution in [0.2, 0.25) is 0 Å². The average molecular weight is 289 g/mol. The zero-order chi connectivity index (χ0) is 13.7. The Hall–Kier alpha value is -1.04. The summed E-state index contributed by atoms with van der Waals surface area (Å²) in [5.74, 6) is -1.79. The number of likely N-dealkylation sites (tertiary alicyclic amines) is 1. The number of halogens is 2. The molecule has 0 spiro atoms. The molecule has 0 unspecified atom stereocenters. The Bertz CT molecular complexity index is 415. The van der Waals surface area contributed by atoms with Crippen LogP contribution in [0.3, 0.4) is 0 Å². The number of thioether (sulfide) groups is 1. The second-order valence-electron chi connectivity index (χ2n) is 4.54. The summed E-state index contributed by atoms with van der Waals surface area (Å²) in [5.41, 5.74) is 0. The van der Waals surface area contributed by atoms with E-state index in [2.05, 4.69) is 0 Å². The van der Waals surface area contributed by atoms with Gasteiger partial charge in [0.05, 0.1) is 5.75 Å². The van der Waals surface area contributed by atoms with Crippen molar-refractivity contribution in [1.82, 2.24) is 4.90 Å². The van der Waals surface area contributed by atoms with Crippen LogP contribution in [0, 0.1) is 0 Å². The first-order valence-corrected chi connectivity index (χ1v) is 7.49. The van der Waals surface area contributed by atoms with E-state index in [9.17, 15) is 13.6 Å². The predicted molar refractivity (Wildman–Crippen MR) is 70.4 cm³/mol. The zero-order valence-corrected chi connectivity index (χ0v) is 11.4. The van der Waals surface area contributed by atoms with Crippen LogP contribution in [-0.4, -0.2) is 29.7 Å². The van der Waals surface area contributed by atoms with Crippen molar-refractivity contribution < 1.29 is 18.0 Å². The highest BCUT2D eigenvalue weighted by Crippen LogP contribution is 2.22. The summed E-state index contributed by atoms with van der Waals surface area (Å²) in [5, 5.41) is 0. The lowest BCUT2D eigenvalue weighted by molar-refractivity contribution is 0.0728. The third kappa shape index (κ3) is 4.23. The van der Waals surface area contributed by atoms with Gasteiger partial charge in [-0.15, -0.1) is 0 Å². The van der Waals surface area contributed by atoms with Crippen LogP contribution in [0.5, 0.6) is 0 Å². The minimum atomic E-state index is -2.42. The van der Waals surface area contributed by atoms with Crippen LogP contribution in [0.4, 0.5) is 8.78 Å². The van der Waals surface area contributed by atoms with E-state index >= 15 is 0 Å². The van der Waals surface area contributed by atoms with Crippen LogP contribution in [0.1, 0.15) is 42.0 Å². The molecule has 0 atom stereocenters. The van der Waals surface area contributed by atoms with Gasteiger partial charge in [-0.05, 0) is 25.0 Å². The summed E-state index contributed by atoms with van der Waals surface area (Å²) in [4.78, 5) is 14.0. The van der Waals surface area contributed by atoms with Gasteiger partial charge >= 0.3 is 0 Å². The number of hydrogen-bond donors (Lipinski definition) is 0. The minimum absolute atomic E-state index is 0.0882. The average Bonchev–Trinajstić information content (AvgIpc) is 2.69. The van der Waals surface area contributed by atoms with Gasteiger partial charge in [0.25, 0.3) is 11.7 Å². The number of alkyl halides is 2. The standard InChI is InChI=1S/C13H17F2NO2S/c14-13(15)19-9-10-5-6-11(18-10)12(17)16-7-3-1-2-4-8-16/h5-6,13H,1-4,7-9H2. The molecule has 2 rings (SSSR count). The predicted octanol–water partition coefficient (Wildman–Crippen LogP) is 3.75. The molecule has 1 fully saturated rings. The van der Waals surface area contributed by atoms with Crippen LogP contribution < -0.4 is 0 Å². The number of rotatable bonds is 4. The van der Waals surface area contributed by atoms with Gasteiger partial charge in [0.15, 0.2) is 5.76 Å². The van der Waals surface area contributed by atoms with Crippen molar-refractivity contribution in [3.8, 4) is 0 Å². The molecule has 0 aromatic carbocycles. The molecule has 1 saturated heterocycles. The summed E-state index contributed by atoms with van der Waals surface area (Å²) < 4.78 is 29.5. The Balaban J connectivity index is 1.94. The fourth-order valence-corrected chi connectivity index (χ4v) is 2.59. The highest BCUT2D eigenvalue weighted by atomic mass is 32.2. The number of furan rings is 1. The van der Waals surface area contributed by atoms with Gasteiger partial charge in [0, 0.05) is 13.1 Å². The molecule has 1 aromatic heterocycles. The van der Waals surface area contributed by atoms with Crippen molar-refractivity contribution in [2.24, 2.45) is 0 Å². The van der Waals surface area contributed by atoms with Crippen LogP contribution in [0.25, 0.3) is 0 Å². The van der Waals surface area contributed by atoms with Crippen molar-refractivity contribution in [3.05, 3.63) is 23.7 Å². The molecule has 0 bridgehead atoms. The number of carbonyl (C=O) groups is 1. The molecule has 1 aromatic rings. The van der Waals surface area contributed by atoms with Crippen molar-refractivity contribution >= 4 is 17.7 Å². The summed E-state index contributed by atoms with van der Waals surface area (Å²) in [6.07, 6.45) is 4.33. The molecule has 1 amide bonds. The van der Waals surface area contributed by atoms with Gasteiger partial charge in [-0.1, -0.05) is 24.6 Å². The van der Waals surface area contributed by atoms with Crippen LogP contribution >= 0.6 is 11.8 Å². The molecule has 0 N–H and O–H groups in total. The van der Waals surface area contributed by atoms with Gasteiger partial charge < -0.3 is 9.32 Å². The highest BCUT2D eigenvalue weighted by molar-refractivity contribution is 7.98. The Kier molecular flexibility index (Phi) is 5.24. The molecule has 0 aliphatic carbocycles. The van der Waals surface area contributed by atoms with Gasteiger partial charge in [0.1, 0.15) is 5.76 Å². The van der Waals surface area contributed by atoms with E-state index in [0.29, 0.717) is 17.5 Å². The Labute approximate surface area is 115 Å². The van der Waals surface area contributed by atoms with Gasteiger partial charge in [-0.2, -0.15) is 8.78 Å². The second kappa shape index (κ2) is 6.93. The summed E-state index contributed by atoms with van der Waals surface area (Å²) in [6, 6.07) is 3.18. The molecule has 0 saturated carbocycles. The third-order valence-electron chi connectivity index (χ3n) is 3.12. The molecule has 106 valence electrons. The molecule has 6 heteroatoms. The lowest BCUT2D eigenvalue weighted by Crippen LogP contribution is -2.31.